The predicted molar refractivity (Wildman–Crippen MR) is 84.7 cm³/mol. The van der Waals surface area contributed by atoms with E-state index in [1.54, 1.807) is 12.1 Å². The van der Waals surface area contributed by atoms with Crippen LogP contribution in [0.2, 0.25) is 0 Å². The maximum Gasteiger partial charge on any atom is 0.265 e. The molecule has 0 spiro atoms. The fraction of sp³-hybridized carbons (Fsp3) is 0.500. The number of nitrogens with zero attached hydrogens (tertiary/aromatic N) is 1. The van der Waals surface area contributed by atoms with Crippen LogP contribution < -0.4 is 19.7 Å². The lowest BCUT2D eigenvalue weighted by atomic mass is 10.1. The molecule has 7 nitrogen and oxygen atoms in total. The highest BCUT2D eigenvalue weighted by atomic mass is 16.5. The van der Waals surface area contributed by atoms with Crippen LogP contribution in [0.5, 0.6) is 11.5 Å². The minimum Gasteiger partial charge on any atom is -0.490 e. The summed E-state index contributed by atoms with van der Waals surface area (Å²) in [6.07, 6.45) is 0.822. The summed E-state index contributed by atoms with van der Waals surface area (Å²) in [6, 6.07) is 3.31. The first-order valence-corrected chi connectivity index (χ1v) is 7.71. The number of rotatable bonds is 7. The van der Waals surface area contributed by atoms with Crippen molar-refractivity contribution in [1.29, 1.82) is 0 Å². The number of aliphatic hydroxyl groups is 1. The SMILES string of the molecule is CCCNC(=O)CN1C(=O)COc2c(OCC)cc(CO)cc21. The van der Waals surface area contributed by atoms with E-state index in [-0.39, 0.29) is 31.6 Å². The zero-order chi connectivity index (χ0) is 16.8. The largest absolute Gasteiger partial charge is 0.490 e. The lowest BCUT2D eigenvalue weighted by molar-refractivity contribution is -0.125. The Kier molecular flexibility index (Phi) is 5.81. The Morgan fingerprint density at radius 1 is 1.43 bits per heavy atom. The van der Waals surface area contributed by atoms with Crippen LogP contribution in [0.1, 0.15) is 25.8 Å². The molecule has 2 N–H and O–H groups in total. The summed E-state index contributed by atoms with van der Waals surface area (Å²) in [7, 11) is 0. The van der Waals surface area contributed by atoms with Crippen molar-refractivity contribution in [2.24, 2.45) is 0 Å². The lowest BCUT2D eigenvalue weighted by Crippen LogP contribution is -2.45. The van der Waals surface area contributed by atoms with Gasteiger partial charge in [-0.1, -0.05) is 6.92 Å². The van der Waals surface area contributed by atoms with Gasteiger partial charge in [-0.2, -0.15) is 0 Å². The molecule has 0 unspecified atom stereocenters. The van der Waals surface area contributed by atoms with E-state index in [2.05, 4.69) is 5.32 Å². The van der Waals surface area contributed by atoms with Crippen LogP contribution in [0.4, 0.5) is 5.69 Å². The number of ether oxygens (including phenoxy) is 2. The van der Waals surface area contributed by atoms with Crippen LogP contribution in [0.15, 0.2) is 12.1 Å². The zero-order valence-corrected chi connectivity index (χ0v) is 13.4. The van der Waals surface area contributed by atoms with E-state index in [0.29, 0.717) is 35.9 Å². The lowest BCUT2D eigenvalue weighted by Gasteiger charge is -2.30. The molecule has 0 aliphatic carbocycles. The molecule has 1 aliphatic heterocycles. The second-order valence-electron chi connectivity index (χ2n) is 5.15. The number of carbonyl (C=O) groups is 2. The Labute approximate surface area is 135 Å². The fourth-order valence-electron chi connectivity index (χ4n) is 2.33. The third-order valence-corrected chi connectivity index (χ3v) is 3.38. The summed E-state index contributed by atoms with van der Waals surface area (Å²) in [5.74, 6) is 0.342. The molecular formula is C16H22N2O5. The summed E-state index contributed by atoms with van der Waals surface area (Å²) in [4.78, 5) is 25.5. The Bertz CT molecular complexity index is 588. The molecule has 0 saturated heterocycles. The van der Waals surface area contributed by atoms with Gasteiger partial charge in [-0.3, -0.25) is 14.5 Å². The molecule has 2 rings (SSSR count). The molecule has 7 heteroatoms. The van der Waals surface area contributed by atoms with Gasteiger partial charge in [0.05, 0.1) is 18.9 Å². The van der Waals surface area contributed by atoms with Gasteiger partial charge in [0, 0.05) is 6.54 Å². The van der Waals surface area contributed by atoms with Gasteiger partial charge in [-0.15, -0.1) is 0 Å². The number of hydrogen-bond acceptors (Lipinski definition) is 5. The summed E-state index contributed by atoms with van der Waals surface area (Å²) >= 11 is 0. The molecule has 2 amide bonds. The second kappa shape index (κ2) is 7.82. The third-order valence-electron chi connectivity index (χ3n) is 3.38. The van der Waals surface area contributed by atoms with Crippen molar-refractivity contribution in [3.05, 3.63) is 17.7 Å². The molecule has 0 atom stereocenters. The summed E-state index contributed by atoms with van der Waals surface area (Å²) in [5.41, 5.74) is 1.03. The molecular weight excluding hydrogens is 300 g/mol. The highest BCUT2D eigenvalue weighted by Crippen LogP contribution is 2.41. The Morgan fingerprint density at radius 3 is 2.87 bits per heavy atom. The number of carbonyl (C=O) groups excluding carboxylic acids is 2. The van der Waals surface area contributed by atoms with Crippen molar-refractivity contribution in [3.8, 4) is 11.5 Å². The maximum absolute atomic E-state index is 12.2. The Hall–Kier alpha value is -2.28. The number of benzene rings is 1. The van der Waals surface area contributed by atoms with Gasteiger partial charge in [-0.05, 0) is 31.0 Å². The van der Waals surface area contributed by atoms with Crippen molar-refractivity contribution >= 4 is 17.5 Å². The van der Waals surface area contributed by atoms with E-state index in [4.69, 9.17) is 9.47 Å². The van der Waals surface area contributed by atoms with Gasteiger partial charge in [-0.25, -0.2) is 0 Å². The molecule has 126 valence electrons. The quantitative estimate of drug-likeness (QED) is 0.776. The standard InChI is InChI=1S/C16H22N2O5/c1-3-5-17-14(20)8-18-12-6-11(9-19)7-13(22-4-2)16(12)23-10-15(18)21/h6-7,19H,3-5,8-10H2,1-2H3,(H,17,20). The van der Waals surface area contributed by atoms with E-state index >= 15 is 0 Å². The first kappa shape index (κ1) is 17.1. The number of hydrogen-bond donors (Lipinski definition) is 2. The van der Waals surface area contributed by atoms with Crippen molar-refractivity contribution < 1.29 is 24.2 Å². The van der Waals surface area contributed by atoms with Gasteiger partial charge >= 0.3 is 0 Å². The van der Waals surface area contributed by atoms with Crippen molar-refractivity contribution in [3.63, 3.8) is 0 Å². The van der Waals surface area contributed by atoms with Gasteiger partial charge in [0.2, 0.25) is 5.91 Å². The van der Waals surface area contributed by atoms with Crippen LogP contribution in [0.25, 0.3) is 0 Å². The van der Waals surface area contributed by atoms with Crippen LogP contribution in [0.3, 0.4) is 0 Å². The van der Waals surface area contributed by atoms with E-state index in [1.807, 2.05) is 13.8 Å². The van der Waals surface area contributed by atoms with E-state index in [1.165, 1.54) is 4.90 Å². The van der Waals surface area contributed by atoms with Crippen LogP contribution in [0, 0.1) is 0 Å². The number of aliphatic hydroxyl groups excluding tert-OH is 1. The first-order chi connectivity index (χ1) is 11.1. The number of amides is 2. The van der Waals surface area contributed by atoms with Crippen molar-refractivity contribution in [1.82, 2.24) is 5.32 Å². The normalized spacial score (nSPS) is 13.3. The number of fused-ring (bicyclic) bond motifs is 1. The molecule has 1 heterocycles. The molecule has 0 aromatic heterocycles. The average Bonchev–Trinajstić information content (AvgIpc) is 2.55. The van der Waals surface area contributed by atoms with Gasteiger partial charge in [0.25, 0.3) is 5.91 Å². The summed E-state index contributed by atoms with van der Waals surface area (Å²) in [6.45, 7) is 4.35. The zero-order valence-electron chi connectivity index (χ0n) is 13.4. The molecule has 1 aromatic rings. The van der Waals surface area contributed by atoms with Gasteiger partial charge in [0.15, 0.2) is 18.1 Å². The maximum atomic E-state index is 12.2. The van der Waals surface area contributed by atoms with Gasteiger partial charge < -0.3 is 19.9 Å². The molecule has 1 aliphatic rings. The third kappa shape index (κ3) is 3.92. The summed E-state index contributed by atoms with van der Waals surface area (Å²) < 4.78 is 11.0. The van der Waals surface area contributed by atoms with Crippen LogP contribution in [-0.4, -0.2) is 43.2 Å². The highest BCUT2D eigenvalue weighted by molar-refractivity contribution is 6.02. The molecule has 0 bridgehead atoms. The van der Waals surface area contributed by atoms with Gasteiger partial charge in [0.1, 0.15) is 6.54 Å². The summed E-state index contributed by atoms with van der Waals surface area (Å²) in [5, 5.41) is 12.1. The minimum absolute atomic E-state index is 0.0877. The van der Waals surface area contributed by atoms with E-state index in [0.717, 1.165) is 6.42 Å². The monoisotopic (exact) mass is 322 g/mol. The second-order valence-corrected chi connectivity index (χ2v) is 5.15. The Balaban J connectivity index is 2.33. The Morgan fingerprint density at radius 2 is 2.22 bits per heavy atom. The molecule has 1 aromatic carbocycles. The van der Waals surface area contributed by atoms with Crippen LogP contribution in [-0.2, 0) is 16.2 Å². The van der Waals surface area contributed by atoms with Crippen molar-refractivity contribution in [2.45, 2.75) is 26.9 Å². The average molecular weight is 322 g/mol. The molecule has 23 heavy (non-hydrogen) atoms. The molecule has 0 saturated carbocycles. The topological polar surface area (TPSA) is 88.1 Å². The number of anilines is 1. The predicted octanol–water partition coefficient (Wildman–Crippen LogP) is 0.829. The smallest absolute Gasteiger partial charge is 0.265 e. The fourth-order valence-corrected chi connectivity index (χ4v) is 2.33. The van der Waals surface area contributed by atoms with E-state index in [9.17, 15) is 14.7 Å². The van der Waals surface area contributed by atoms with E-state index < -0.39 is 0 Å². The molecule has 0 fully saturated rings. The minimum atomic E-state index is -0.304. The molecule has 0 radical (unpaired) electrons. The number of nitrogens with one attached hydrogen (secondary N) is 1. The highest BCUT2D eigenvalue weighted by Gasteiger charge is 2.30. The van der Waals surface area contributed by atoms with Crippen molar-refractivity contribution in [2.75, 3.05) is 31.2 Å². The van der Waals surface area contributed by atoms with Crippen LogP contribution >= 0.6 is 0 Å². The first-order valence-electron chi connectivity index (χ1n) is 7.71.